The first-order valence-electron chi connectivity index (χ1n) is 6.42. The lowest BCUT2D eigenvalue weighted by molar-refractivity contribution is 0.514. The van der Waals surface area contributed by atoms with Crippen molar-refractivity contribution in [1.29, 1.82) is 5.26 Å². The number of hydrogen-bond donors (Lipinski definition) is 1. The molecular formula is C14H15Cl3N2. The second kappa shape index (κ2) is 6.70. The van der Waals surface area contributed by atoms with Crippen molar-refractivity contribution in [3.05, 3.63) is 27.2 Å². The van der Waals surface area contributed by atoms with Crippen LogP contribution in [0.15, 0.2) is 12.1 Å². The molecule has 5 heteroatoms. The molecule has 1 aliphatic carbocycles. The van der Waals surface area contributed by atoms with Gasteiger partial charge in [-0.15, -0.1) is 0 Å². The Morgan fingerprint density at radius 2 is 1.68 bits per heavy atom. The molecule has 0 aliphatic heterocycles. The second-order valence-corrected chi connectivity index (χ2v) is 6.12. The van der Waals surface area contributed by atoms with Crippen molar-refractivity contribution < 1.29 is 0 Å². The molecule has 2 rings (SSSR count). The Hall–Kier alpha value is -0.620. The molecule has 0 aromatic heterocycles. The van der Waals surface area contributed by atoms with Crippen LogP contribution < -0.4 is 5.32 Å². The van der Waals surface area contributed by atoms with Gasteiger partial charge >= 0.3 is 0 Å². The predicted octanol–water partition coefficient (Wildman–Crippen LogP) is 5.53. The van der Waals surface area contributed by atoms with Crippen LogP contribution in [0, 0.1) is 17.2 Å². The SMILES string of the molecule is N#CC1CCCCCC1Nc1c(Cl)cc(Cl)cc1Cl. The summed E-state index contributed by atoms with van der Waals surface area (Å²) in [6, 6.07) is 5.81. The molecule has 0 saturated heterocycles. The molecule has 1 aromatic rings. The third-order valence-corrected chi connectivity index (χ3v) is 4.33. The molecule has 2 unspecified atom stereocenters. The van der Waals surface area contributed by atoms with Gasteiger partial charge in [-0.25, -0.2) is 0 Å². The van der Waals surface area contributed by atoms with E-state index in [0.29, 0.717) is 20.8 Å². The van der Waals surface area contributed by atoms with E-state index < -0.39 is 0 Å². The van der Waals surface area contributed by atoms with E-state index in [4.69, 9.17) is 34.8 Å². The number of rotatable bonds is 2. The number of benzene rings is 1. The summed E-state index contributed by atoms with van der Waals surface area (Å²) >= 11 is 18.2. The standard InChI is InChI=1S/C14H15Cl3N2/c15-10-6-11(16)14(12(17)7-10)19-13-5-3-1-2-4-9(13)8-18/h6-7,9,13,19H,1-5H2. The van der Waals surface area contributed by atoms with Gasteiger partial charge in [-0.05, 0) is 25.0 Å². The van der Waals surface area contributed by atoms with Crippen LogP contribution in [-0.2, 0) is 0 Å². The fraction of sp³-hybridized carbons (Fsp3) is 0.500. The van der Waals surface area contributed by atoms with Gasteiger partial charge in [0.05, 0.1) is 27.7 Å². The van der Waals surface area contributed by atoms with Crippen LogP contribution in [0.5, 0.6) is 0 Å². The highest BCUT2D eigenvalue weighted by Crippen LogP contribution is 2.36. The molecule has 1 N–H and O–H groups in total. The average Bonchev–Trinajstić information content (AvgIpc) is 2.58. The molecule has 2 nitrogen and oxygen atoms in total. The zero-order chi connectivity index (χ0) is 13.8. The summed E-state index contributed by atoms with van der Waals surface area (Å²) in [5.74, 6) is 0.00492. The molecule has 1 aromatic carbocycles. The van der Waals surface area contributed by atoms with E-state index in [0.717, 1.165) is 25.7 Å². The second-order valence-electron chi connectivity index (χ2n) is 4.87. The topological polar surface area (TPSA) is 35.8 Å². The van der Waals surface area contributed by atoms with Gasteiger partial charge in [0.25, 0.3) is 0 Å². The fourth-order valence-corrected chi connectivity index (χ4v) is 3.43. The highest BCUT2D eigenvalue weighted by molar-refractivity contribution is 6.41. The first-order valence-corrected chi connectivity index (χ1v) is 7.56. The molecular weight excluding hydrogens is 303 g/mol. The van der Waals surface area contributed by atoms with Crippen molar-refractivity contribution in [3.8, 4) is 6.07 Å². The maximum atomic E-state index is 9.27. The Bertz CT molecular complexity index is 473. The minimum absolute atomic E-state index is 0.00492. The van der Waals surface area contributed by atoms with Crippen LogP contribution in [0.1, 0.15) is 32.1 Å². The van der Waals surface area contributed by atoms with E-state index >= 15 is 0 Å². The van der Waals surface area contributed by atoms with Gasteiger partial charge in [0, 0.05) is 11.1 Å². The van der Waals surface area contributed by atoms with Crippen molar-refractivity contribution in [1.82, 2.24) is 0 Å². The van der Waals surface area contributed by atoms with Crippen molar-refractivity contribution in [2.45, 2.75) is 38.1 Å². The lowest BCUT2D eigenvalue weighted by Crippen LogP contribution is -2.27. The van der Waals surface area contributed by atoms with Crippen molar-refractivity contribution in [2.24, 2.45) is 5.92 Å². The monoisotopic (exact) mass is 316 g/mol. The van der Waals surface area contributed by atoms with E-state index in [-0.39, 0.29) is 12.0 Å². The molecule has 102 valence electrons. The average molecular weight is 318 g/mol. The molecule has 1 saturated carbocycles. The normalized spacial score (nSPS) is 23.5. The Labute approximate surface area is 128 Å². The molecule has 0 bridgehead atoms. The van der Waals surface area contributed by atoms with E-state index in [9.17, 15) is 5.26 Å². The van der Waals surface area contributed by atoms with Gasteiger partial charge in [0.1, 0.15) is 0 Å². The Kier molecular flexibility index (Phi) is 5.21. The minimum Gasteiger partial charge on any atom is -0.379 e. The summed E-state index contributed by atoms with van der Waals surface area (Å²) in [4.78, 5) is 0. The number of nitriles is 1. The number of nitrogens with zero attached hydrogens (tertiary/aromatic N) is 1. The first-order chi connectivity index (χ1) is 9.11. The Morgan fingerprint density at radius 1 is 1.05 bits per heavy atom. The summed E-state index contributed by atoms with van der Waals surface area (Å²) in [7, 11) is 0. The zero-order valence-electron chi connectivity index (χ0n) is 10.4. The van der Waals surface area contributed by atoms with Gasteiger partial charge in [-0.1, -0.05) is 54.1 Å². The van der Waals surface area contributed by atoms with Crippen LogP contribution in [0.4, 0.5) is 5.69 Å². The van der Waals surface area contributed by atoms with E-state index in [1.165, 1.54) is 6.42 Å². The van der Waals surface area contributed by atoms with Gasteiger partial charge in [-0.2, -0.15) is 5.26 Å². The van der Waals surface area contributed by atoms with Crippen molar-refractivity contribution in [2.75, 3.05) is 5.32 Å². The van der Waals surface area contributed by atoms with Crippen molar-refractivity contribution in [3.63, 3.8) is 0 Å². The molecule has 19 heavy (non-hydrogen) atoms. The predicted molar refractivity (Wildman–Crippen MR) is 81.1 cm³/mol. The van der Waals surface area contributed by atoms with Gasteiger partial charge in [0.2, 0.25) is 0 Å². The van der Waals surface area contributed by atoms with E-state index in [1.807, 2.05) is 0 Å². The maximum Gasteiger partial charge on any atom is 0.0722 e. The minimum atomic E-state index is 0.00492. The van der Waals surface area contributed by atoms with Crippen LogP contribution in [0.2, 0.25) is 15.1 Å². The summed E-state index contributed by atoms with van der Waals surface area (Å²) in [5, 5.41) is 14.1. The summed E-state index contributed by atoms with van der Waals surface area (Å²) in [6.45, 7) is 0. The molecule has 0 amide bonds. The van der Waals surface area contributed by atoms with Crippen molar-refractivity contribution >= 4 is 40.5 Å². The zero-order valence-corrected chi connectivity index (χ0v) is 12.7. The number of hydrogen-bond acceptors (Lipinski definition) is 2. The third-order valence-electron chi connectivity index (χ3n) is 3.52. The summed E-state index contributed by atoms with van der Waals surface area (Å²) in [6.07, 6.45) is 5.31. The lowest BCUT2D eigenvalue weighted by Gasteiger charge is -2.23. The van der Waals surface area contributed by atoms with Gasteiger partial charge < -0.3 is 5.32 Å². The third kappa shape index (κ3) is 3.69. The van der Waals surface area contributed by atoms with Gasteiger partial charge in [0.15, 0.2) is 0 Å². The molecule has 2 atom stereocenters. The quantitative estimate of drug-likeness (QED) is 0.728. The van der Waals surface area contributed by atoms with Gasteiger partial charge in [-0.3, -0.25) is 0 Å². The maximum absolute atomic E-state index is 9.27. The summed E-state index contributed by atoms with van der Waals surface area (Å²) < 4.78 is 0. The Morgan fingerprint density at radius 3 is 2.32 bits per heavy atom. The Balaban J connectivity index is 2.22. The highest BCUT2D eigenvalue weighted by Gasteiger charge is 2.24. The molecule has 1 aliphatic rings. The van der Waals surface area contributed by atoms with E-state index in [1.54, 1.807) is 12.1 Å². The smallest absolute Gasteiger partial charge is 0.0722 e. The molecule has 0 spiro atoms. The van der Waals surface area contributed by atoms with Crippen LogP contribution >= 0.6 is 34.8 Å². The molecule has 1 fully saturated rings. The number of anilines is 1. The highest BCUT2D eigenvalue weighted by atomic mass is 35.5. The van der Waals surface area contributed by atoms with Crippen LogP contribution in [-0.4, -0.2) is 6.04 Å². The summed E-state index contributed by atoms with van der Waals surface area (Å²) in [5.41, 5.74) is 0.680. The van der Waals surface area contributed by atoms with Crippen LogP contribution in [0.3, 0.4) is 0 Å². The lowest BCUT2D eigenvalue weighted by atomic mass is 9.96. The largest absolute Gasteiger partial charge is 0.379 e. The molecule has 0 radical (unpaired) electrons. The van der Waals surface area contributed by atoms with Crippen LogP contribution in [0.25, 0.3) is 0 Å². The number of nitrogens with one attached hydrogen (secondary N) is 1. The molecule has 0 heterocycles. The van der Waals surface area contributed by atoms with E-state index in [2.05, 4.69) is 11.4 Å². The fourth-order valence-electron chi connectivity index (χ4n) is 2.50. The number of halogens is 3. The first kappa shape index (κ1) is 14.8.